The summed E-state index contributed by atoms with van der Waals surface area (Å²) in [5, 5.41) is 10.8. The van der Waals surface area contributed by atoms with Gasteiger partial charge in [-0.2, -0.15) is 0 Å². The lowest BCUT2D eigenvalue weighted by atomic mass is 9.96. The van der Waals surface area contributed by atoms with E-state index in [1.54, 1.807) is 0 Å². The number of piperidine rings is 1. The zero-order valence-electron chi connectivity index (χ0n) is 11.8. The van der Waals surface area contributed by atoms with Crippen molar-refractivity contribution in [2.45, 2.75) is 12.8 Å². The number of halogens is 2. The third-order valence-electron chi connectivity index (χ3n) is 3.79. The number of nitrogen functional groups attached to an aromatic ring is 1. The van der Waals surface area contributed by atoms with Gasteiger partial charge in [0, 0.05) is 13.1 Å². The maximum absolute atomic E-state index is 13.5. The largest absolute Gasteiger partial charge is 0.393 e. The summed E-state index contributed by atoms with van der Waals surface area (Å²) >= 11 is 0. The third-order valence-corrected chi connectivity index (χ3v) is 3.79. The van der Waals surface area contributed by atoms with Crippen LogP contribution in [0.3, 0.4) is 0 Å². The van der Waals surface area contributed by atoms with Crippen LogP contribution in [0.25, 0.3) is 0 Å². The number of anilines is 1. The third kappa shape index (κ3) is 3.63. The Hall–Kier alpha value is -1.93. The highest BCUT2D eigenvalue weighted by Crippen LogP contribution is 2.28. The molecule has 1 aromatic carbocycles. The maximum atomic E-state index is 13.5. The van der Waals surface area contributed by atoms with Crippen LogP contribution in [0, 0.1) is 21.8 Å². The molecule has 0 bridgehead atoms. The van der Waals surface area contributed by atoms with Gasteiger partial charge in [0.15, 0.2) is 0 Å². The minimum absolute atomic E-state index is 0. The van der Waals surface area contributed by atoms with E-state index >= 15 is 0 Å². The zero-order valence-corrected chi connectivity index (χ0v) is 12.6. The van der Waals surface area contributed by atoms with Crippen LogP contribution in [0.1, 0.15) is 23.2 Å². The van der Waals surface area contributed by atoms with E-state index in [9.17, 15) is 19.3 Å². The van der Waals surface area contributed by atoms with Crippen LogP contribution >= 0.6 is 12.4 Å². The Labute approximate surface area is 133 Å². The molecule has 0 aliphatic carbocycles. The monoisotopic (exact) mass is 332 g/mol. The summed E-state index contributed by atoms with van der Waals surface area (Å²) in [7, 11) is 0. The van der Waals surface area contributed by atoms with Gasteiger partial charge in [0.2, 0.25) is 0 Å². The fourth-order valence-electron chi connectivity index (χ4n) is 2.47. The average molecular weight is 333 g/mol. The molecule has 0 radical (unpaired) electrons. The van der Waals surface area contributed by atoms with Gasteiger partial charge in [0.05, 0.1) is 16.6 Å². The molecule has 0 unspecified atom stereocenters. The quantitative estimate of drug-likeness (QED) is 0.495. The Kier molecular flexibility index (Phi) is 6.07. The number of carbonyl (C=O) groups excluding carboxylic acids is 1. The first kappa shape index (κ1) is 18.1. The number of carbonyl (C=O) groups is 1. The number of amides is 1. The Morgan fingerprint density at radius 2 is 2.00 bits per heavy atom. The van der Waals surface area contributed by atoms with Crippen LogP contribution in [0.2, 0.25) is 0 Å². The van der Waals surface area contributed by atoms with Gasteiger partial charge < -0.3 is 16.4 Å². The summed E-state index contributed by atoms with van der Waals surface area (Å²) in [6.07, 6.45) is 1.53. The number of hydrogen-bond donors (Lipinski definition) is 2. The topological polar surface area (TPSA) is 115 Å². The number of nitrogens with zero attached hydrogens (tertiary/aromatic N) is 2. The minimum atomic E-state index is -0.851. The molecule has 0 spiro atoms. The number of nitro groups is 1. The second kappa shape index (κ2) is 7.37. The fraction of sp³-hybridized carbons (Fsp3) is 0.462. The van der Waals surface area contributed by atoms with E-state index < -0.39 is 22.3 Å². The SMILES string of the molecule is Cl.NCC1CCN(C(=O)c2cc(F)cc([N+](=O)[O-])c2N)CC1. The molecule has 1 fully saturated rings. The maximum Gasteiger partial charge on any atom is 0.295 e. The van der Waals surface area contributed by atoms with Gasteiger partial charge in [-0.1, -0.05) is 0 Å². The van der Waals surface area contributed by atoms with Crippen molar-refractivity contribution in [1.29, 1.82) is 0 Å². The first-order chi connectivity index (χ1) is 9.93. The van der Waals surface area contributed by atoms with Gasteiger partial charge >= 0.3 is 0 Å². The molecule has 4 N–H and O–H groups in total. The summed E-state index contributed by atoms with van der Waals surface area (Å²) in [5.74, 6) is -0.963. The molecule has 22 heavy (non-hydrogen) atoms. The predicted molar refractivity (Wildman–Crippen MR) is 82.4 cm³/mol. The van der Waals surface area contributed by atoms with Crippen molar-refractivity contribution in [3.8, 4) is 0 Å². The molecular weight excluding hydrogens is 315 g/mol. The van der Waals surface area contributed by atoms with Crippen molar-refractivity contribution in [2.75, 3.05) is 25.4 Å². The average Bonchev–Trinajstić information content (AvgIpc) is 2.48. The van der Waals surface area contributed by atoms with Gasteiger partial charge in [-0.15, -0.1) is 12.4 Å². The number of likely N-dealkylation sites (tertiary alicyclic amines) is 1. The molecule has 1 saturated heterocycles. The van der Waals surface area contributed by atoms with Crippen LogP contribution in [0.5, 0.6) is 0 Å². The van der Waals surface area contributed by atoms with Crippen molar-refractivity contribution in [1.82, 2.24) is 4.90 Å². The Morgan fingerprint density at radius 1 is 1.41 bits per heavy atom. The number of nitro benzene ring substituents is 1. The molecule has 0 atom stereocenters. The standard InChI is InChI=1S/C13H17FN4O3.ClH/c14-9-5-10(12(16)11(6-9)18(20)21)13(19)17-3-1-8(7-15)2-4-17;/h5-6,8H,1-4,7,15-16H2;1H. The predicted octanol–water partition coefficient (Wildman–Crippen LogP) is 1.55. The molecule has 2 rings (SSSR count). The highest BCUT2D eigenvalue weighted by atomic mass is 35.5. The Bertz CT molecular complexity index is 577. The van der Waals surface area contributed by atoms with Gasteiger partial charge in [-0.05, 0) is 31.4 Å². The number of nitrogens with two attached hydrogens (primary N) is 2. The van der Waals surface area contributed by atoms with E-state index in [1.165, 1.54) is 4.90 Å². The second-order valence-corrected chi connectivity index (χ2v) is 5.11. The van der Waals surface area contributed by atoms with E-state index in [0.29, 0.717) is 31.6 Å². The number of benzene rings is 1. The highest BCUT2D eigenvalue weighted by Gasteiger charge is 2.27. The van der Waals surface area contributed by atoms with Gasteiger partial charge in [0.25, 0.3) is 11.6 Å². The molecule has 0 saturated carbocycles. The molecule has 1 heterocycles. The van der Waals surface area contributed by atoms with Gasteiger partial charge in [0.1, 0.15) is 11.5 Å². The molecule has 0 aromatic heterocycles. The van der Waals surface area contributed by atoms with Crippen LogP contribution in [0.15, 0.2) is 12.1 Å². The van der Waals surface area contributed by atoms with Crippen molar-refractivity contribution in [2.24, 2.45) is 11.7 Å². The van der Waals surface area contributed by atoms with Crippen LogP contribution in [-0.2, 0) is 0 Å². The van der Waals surface area contributed by atoms with Crippen molar-refractivity contribution >= 4 is 29.7 Å². The Morgan fingerprint density at radius 3 is 2.50 bits per heavy atom. The van der Waals surface area contributed by atoms with Crippen LogP contribution in [-0.4, -0.2) is 35.4 Å². The summed E-state index contributed by atoms with van der Waals surface area (Å²) in [5.41, 5.74) is 10.2. The lowest BCUT2D eigenvalue weighted by Gasteiger charge is -2.31. The first-order valence-corrected chi connectivity index (χ1v) is 6.66. The second-order valence-electron chi connectivity index (χ2n) is 5.11. The summed E-state index contributed by atoms with van der Waals surface area (Å²) in [6.45, 7) is 1.55. The number of hydrogen-bond acceptors (Lipinski definition) is 5. The van der Waals surface area contributed by atoms with Crippen LogP contribution < -0.4 is 11.5 Å². The molecule has 9 heteroatoms. The molecule has 122 valence electrons. The van der Waals surface area contributed by atoms with E-state index in [4.69, 9.17) is 11.5 Å². The van der Waals surface area contributed by atoms with E-state index in [0.717, 1.165) is 18.9 Å². The Balaban J connectivity index is 0.00000242. The molecule has 1 aliphatic heterocycles. The summed E-state index contributed by atoms with van der Waals surface area (Å²) in [4.78, 5) is 23.9. The lowest BCUT2D eigenvalue weighted by Crippen LogP contribution is -2.40. The minimum Gasteiger partial charge on any atom is -0.393 e. The summed E-state index contributed by atoms with van der Waals surface area (Å²) in [6, 6.07) is 1.66. The molecule has 1 amide bonds. The first-order valence-electron chi connectivity index (χ1n) is 6.66. The molecule has 7 nitrogen and oxygen atoms in total. The van der Waals surface area contributed by atoms with E-state index in [1.807, 2.05) is 0 Å². The zero-order chi connectivity index (χ0) is 15.6. The van der Waals surface area contributed by atoms with Crippen molar-refractivity contribution < 1.29 is 14.1 Å². The van der Waals surface area contributed by atoms with Crippen LogP contribution in [0.4, 0.5) is 15.8 Å². The van der Waals surface area contributed by atoms with Crippen molar-refractivity contribution in [3.63, 3.8) is 0 Å². The van der Waals surface area contributed by atoms with Crippen molar-refractivity contribution in [3.05, 3.63) is 33.6 Å². The fourth-order valence-corrected chi connectivity index (χ4v) is 2.47. The molecule has 1 aromatic rings. The normalized spacial score (nSPS) is 15.3. The lowest BCUT2D eigenvalue weighted by molar-refractivity contribution is -0.384. The summed E-state index contributed by atoms with van der Waals surface area (Å²) < 4.78 is 13.5. The molecule has 1 aliphatic rings. The van der Waals surface area contributed by atoms with Gasteiger partial charge in [-0.3, -0.25) is 14.9 Å². The number of rotatable bonds is 3. The van der Waals surface area contributed by atoms with Gasteiger partial charge in [-0.25, -0.2) is 4.39 Å². The smallest absolute Gasteiger partial charge is 0.295 e. The highest BCUT2D eigenvalue weighted by molar-refractivity contribution is 6.01. The molecular formula is C13H18ClFN4O3. The van der Waals surface area contributed by atoms with E-state index in [2.05, 4.69) is 0 Å². The van der Waals surface area contributed by atoms with E-state index in [-0.39, 0.29) is 23.7 Å².